The number of aliphatic imine (C=N–C) groups is 1. The first-order chi connectivity index (χ1) is 15.9. The van der Waals surface area contributed by atoms with Gasteiger partial charge in [0, 0.05) is 16.8 Å². The van der Waals surface area contributed by atoms with Gasteiger partial charge < -0.3 is 10.1 Å². The van der Waals surface area contributed by atoms with Crippen LogP contribution in [0, 0.1) is 13.8 Å². The number of benzene rings is 2. The summed E-state index contributed by atoms with van der Waals surface area (Å²) in [6, 6.07) is 12.1. The minimum atomic E-state index is -0.0697. The summed E-state index contributed by atoms with van der Waals surface area (Å²) in [5.41, 5.74) is 7.21. The van der Waals surface area contributed by atoms with Crippen molar-refractivity contribution in [2.45, 2.75) is 59.3 Å². The number of amides is 1. The molecule has 172 valence electrons. The summed E-state index contributed by atoms with van der Waals surface area (Å²) in [4.78, 5) is 19.5. The molecular weight excluding hydrogens is 428 g/mol. The molecule has 4 nitrogen and oxygen atoms in total. The molecule has 0 aliphatic heterocycles. The van der Waals surface area contributed by atoms with Crippen molar-refractivity contribution in [3.63, 3.8) is 0 Å². The fourth-order valence-electron chi connectivity index (χ4n) is 4.32. The van der Waals surface area contributed by atoms with Crippen LogP contribution < -0.4 is 10.1 Å². The van der Waals surface area contributed by atoms with Gasteiger partial charge in [0.05, 0.1) is 12.7 Å². The van der Waals surface area contributed by atoms with E-state index in [0.29, 0.717) is 5.92 Å². The van der Waals surface area contributed by atoms with Crippen molar-refractivity contribution in [3.05, 3.63) is 74.7 Å². The molecule has 0 bridgehead atoms. The standard InChI is InChI=1S/C28H32N2O2S/c1-17(2)23-15-20(19(4)14-24(23)32-5)16-29-28-26(22-8-6-7-9-25(22)33-28)27(31)30-21-12-10-18(3)11-13-21/h10-17H,6-9H2,1-5H3,(H,30,31). The van der Waals surface area contributed by atoms with Crippen molar-refractivity contribution in [3.8, 4) is 5.75 Å². The zero-order chi connectivity index (χ0) is 23.5. The van der Waals surface area contributed by atoms with E-state index in [-0.39, 0.29) is 5.91 Å². The third-order valence-corrected chi connectivity index (χ3v) is 7.45. The topological polar surface area (TPSA) is 50.7 Å². The van der Waals surface area contributed by atoms with Gasteiger partial charge in [0.1, 0.15) is 10.8 Å². The first-order valence-corrected chi connectivity index (χ1v) is 12.4. The third-order valence-electron chi connectivity index (χ3n) is 6.25. The number of carbonyl (C=O) groups is 1. The average molecular weight is 461 g/mol. The van der Waals surface area contributed by atoms with E-state index in [2.05, 4.69) is 38.2 Å². The molecule has 33 heavy (non-hydrogen) atoms. The second-order valence-corrected chi connectivity index (χ2v) is 10.2. The summed E-state index contributed by atoms with van der Waals surface area (Å²) in [5, 5.41) is 3.89. The van der Waals surface area contributed by atoms with Gasteiger partial charge in [-0.2, -0.15) is 0 Å². The maximum atomic E-state index is 13.4. The fourth-order valence-corrected chi connectivity index (χ4v) is 5.55. The van der Waals surface area contributed by atoms with Crippen molar-refractivity contribution in [2.75, 3.05) is 12.4 Å². The Morgan fingerprint density at radius 3 is 2.55 bits per heavy atom. The molecule has 2 aromatic carbocycles. The van der Waals surface area contributed by atoms with Crippen LogP contribution in [0.1, 0.15) is 75.7 Å². The average Bonchev–Trinajstić information content (AvgIpc) is 3.17. The number of carbonyl (C=O) groups excluding carboxylic acids is 1. The second-order valence-electron chi connectivity index (χ2n) is 9.07. The number of rotatable bonds is 6. The number of aryl methyl sites for hydroxylation is 3. The van der Waals surface area contributed by atoms with E-state index in [1.165, 1.54) is 22.4 Å². The Morgan fingerprint density at radius 2 is 1.85 bits per heavy atom. The Hall–Kier alpha value is -2.92. The Morgan fingerprint density at radius 1 is 1.12 bits per heavy atom. The van der Waals surface area contributed by atoms with Crippen LogP contribution in [0.15, 0.2) is 41.4 Å². The molecule has 0 saturated carbocycles. The predicted molar refractivity (Wildman–Crippen MR) is 139 cm³/mol. The largest absolute Gasteiger partial charge is 0.496 e. The highest BCUT2D eigenvalue weighted by molar-refractivity contribution is 7.16. The molecule has 0 saturated heterocycles. The van der Waals surface area contributed by atoms with Crippen molar-refractivity contribution >= 4 is 34.1 Å². The zero-order valence-electron chi connectivity index (χ0n) is 20.1. The molecule has 1 heterocycles. The van der Waals surface area contributed by atoms with Gasteiger partial charge in [-0.3, -0.25) is 4.79 Å². The lowest BCUT2D eigenvalue weighted by molar-refractivity contribution is 0.102. The summed E-state index contributed by atoms with van der Waals surface area (Å²) in [5.74, 6) is 1.18. The number of ether oxygens (including phenoxy) is 1. The van der Waals surface area contributed by atoms with Crippen LogP contribution >= 0.6 is 11.3 Å². The monoisotopic (exact) mass is 460 g/mol. The zero-order valence-corrected chi connectivity index (χ0v) is 20.9. The van der Waals surface area contributed by atoms with Crippen LogP contribution in [0.2, 0.25) is 0 Å². The molecule has 3 aromatic rings. The quantitative estimate of drug-likeness (QED) is 0.390. The number of anilines is 1. The minimum absolute atomic E-state index is 0.0697. The van der Waals surface area contributed by atoms with Crippen molar-refractivity contribution in [2.24, 2.45) is 4.99 Å². The summed E-state index contributed by atoms with van der Waals surface area (Å²) in [7, 11) is 1.71. The van der Waals surface area contributed by atoms with E-state index >= 15 is 0 Å². The number of methoxy groups -OCH3 is 1. The normalized spacial score (nSPS) is 13.4. The lowest BCUT2D eigenvalue weighted by Crippen LogP contribution is -2.14. The molecule has 0 fully saturated rings. The van der Waals surface area contributed by atoms with Gasteiger partial charge in [0.15, 0.2) is 0 Å². The molecule has 1 aromatic heterocycles. The van der Waals surface area contributed by atoms with E-state index in [1.807, 2.05) is 37.4 Å². The van der Waals surface area contributed by atoms with Crippen LogP contribution in [-0.2, 0) is 12.8 Å². The molecule has 0 atom stereocenters. The molecule has 0 radical (unpaired) electrons. The minimum Gasteiger partial charge on any atom is -0.496 e. The number of hydrogen-bond acceptors (Lipinski definition) is 4. The first kappa shape index (κ1) is 23.2. The van der Waals surface area contributed by atoms with E-state index < -0.39 is 0 Å². The highest BCUT2D eigenvalue weighted by atomic mass is 32.1. The Balaban J connectivity index is 1.70. The smallest absolute Gasteiger partial charge is 0.259 e. The maximum absolute atomic E-state index is 13.4. The van der Waals surface area contributed by atoms with Gasteiger partial charge in [-0.1, -0.05) is 31.5 Å². The summed E-state index contributed by atoms with van der Waals surface area (Å²) in [6.45, 7) is 8.43. The van der Waals surface area contributed by atoms with Crippen molar-refractivity contribution < 1.29 is 9.53 Å². The van der Waals surface area contributed by atoms with Crippen LogP contribution in [0.4, 0.5) is 10.7 Å². The molecule has 1 N–H and O–H groups in total. The van der Waals surface area contributed by atoms with Crippen LogP contribution in [0.25, 0.3) is 0 Å². The highest BCUT2D eigenvalue weighted by Gasteiger charge is 2.25. The number of thiophene rings is 1. The van der Waals surface area contributed by atoms with E-state index in [1.54, 1.807) is 18.4 Å². The number of fused-ring (bicyclic) bond motifs is 1. The van der Waals surface area contributed by atoms with Crippen LogP contribution in [0.5, 0.6) is 5.75 Å². The SMILES string of the molecule is COc1cc(C)c(C=Nc2sc3c(c2C(=O)Nc2ccc(C)cc2)CCCC3)cc1C(C)C. The predicted octanol–water partition coefficient (Wildman–Crippen LogP) is 7.38. The van der Waals surface area contributed by atoms with Gasteiger partial charge in [-0.25, -0.2) is 4.99 Å². The van der Waals surface area contributed by atoms with Crippen molar-refractivity contribution in [1.29, 1.82) is 0 Å². The van der Waals surface area contributed by atoms with Crippen LogP contribution in [-0.4, -0.2) is 19.2 Å². The Labute approximate surface area is 200 Å². The summed E-state index contributed by atoms with van der Waals surface area (Å²) in [6.07, 6.45) is 6.16. The second kappa shape index (κ2) is 9.92. The molecule has 0 unspecified atom stereocenters. The molecule has 1 aliphatic rings. The van der Waals surface area contributed by atoms with Crippen molar-refractivity contribution in [1.82, 2.24) is 0 Å². The number of nitrogens with zero attached hydrogens (tertiary/aromatic N) is 1. The molecule has 0 spiro atoms. The van der Waals surface area contributed by atoms with Gasteiger partial charge in [-0.05, 0) is 92.0 Å². The van der Waals surface area contributed by atoms with E-state index in [9.17, 15) is 4.79 Å². The van der Waals surface area contributed by atoms with Gasteiger partial charge in [-0.15, -0.1) is 11.3 Å². The highest BCUT2D eigenvalue weighted by Crippen LogP contribution is 2.40. The molecule has 1 amide bonds. The lowest BCUT2D eigenvalue weighted by atomic mass is 9.95. The molecule has 5 heteroatoms. The summed E-state index contributed by atoms with van der Waals surface area (Å²) >= 11 is 1.66. The fraction of sp³-hybridized carbons (Fsp3) is 0.357. The Kier molecular flexibility index (Phi) is 6.99. The Bertz CT molecular complexity index is 1190. The van der Waals surface area contributed by atoms with Gasteiger partial charge in [0.2, 0.25) is 0 Å². The third kappa shape index (κ3) is 5.03. The van der Waals surface area contributed by atoms with Gasteiger partial charge >= 0.3 is 0 Å². The maximum Gasteiger partial charge on any atom is 0.259 e. The molecule has 4 rings (SSSR count). The van der Waals surface area contributed by atoms with Crippen LogP contribution in [0.3, 0.4) is 0 Å². The summed E-state index contributed by atoms with van der Waals surface area (Å²) < 4.78 is 5.58. The number of hydrogen-bond donors (Lipinski definition) is 1. The lowest BCUT2D eigenvalue weighted by Gasteiger charge is -2.14. The number of nitrogens with one attached hydrogen (secondary N) is 1. The molecular formula is C28H32N2O2S. The van der Waals surface area contributed by atoms with Gasteiger partial charge in [0.25, 0.3) is 5.91 Å². The molecule has 1 aliphatic carbocycles. The van der Waals surface area contributed by atoms with E-state index in [0.717, 1.165) is 58.0 Å². The van der Waals surface area contributed by atoms with E-state index in [4.69, 9.17) is 9.73 Å². The first-order valence-electron chi connectivity index (χ1n) is 11.6.